The van der Waals surface area contributed by atoms with Crippen LogP contribution < -0.4 is 10.4 Å². The van der Waals surface area contributed by atoms with Crippen LogP contribution in [-0.2, 0) is 0 Å². The van der Waals surface area contributed by atoms with E-state index in [0.29, 0.717) is 0 Å². The lowest BCUT2D eigenvalue weighted by Crippen LogP contribution is -2.22. The van der Waals surface area contributed by atoms with Crippen molar-refractivity contribution in [2.24, 2.45) is 0 Å². The lowest BCUT2D eigenvalue weighted by atomic mass is 9.90. The molecule has 0 bridgehead atoms. The zero-order valence-electron chi connectivity index (χ0n) is 16.3. The van der Waals surface area contributed by atoms with E-state index in [1.54, 1.807) is 0 Å². The molecule has 4 aromatic carbocycles. The third kappa shape index (κ3) is 3.23. The smallest absolute Gasteiger partial charge is 0.00821 e. The normalized spacial score (nSPS) is 12.9. The van der Waals surface area contributed by atoms with Crippen LogP contribution in [0.15, 0.2) is 97.6 Å². The first kappa shape index (κ1) is 17.5. The number of allylic oxidation sites excluding steroid dienone is 2. The topological polar surface area (TPSA) is 0 Å². The maximum absolute atomic E-state index is 3.86. The largest absolute Gasteiger partial charge is 0.0985 e. The van der Waals surface area contributed by atoms with Gasteiger partial charge in [-0.15, -0.1) is 0 Å². The maximum Gasteiger partial charge on any atom is -0.00821 e. The Hall–Kier alpha value is -3.64. The second-order valence-corrected chi connectivity index (χ2v) is 7.43. The van der Waals surface area contributed by atoms with Crippen molar-refractivity contribution in [1.29, 1.82) is 0 Å². The fraction of sp³-hybridized carbons (Fsp3) is 0.0345. The average molecular weight is 370 g/mol. The van der Waals surface area contributed by atoms with Crippen LogP contribution >= 0.6 is 0 Å². The summed E-state index contributed by atoms with van der Waals surface area (Å²) in [6, 6.07) is 30.5. The van der Waals surface area contributed by atoms with E-state index in [1.165, 1.54) is 43.5 Å². The molecule has 0 amide bonds. The van der Waals surface area contributed by atoms with Crippen molar-refractivity contribution in [2.75, 3.05) is 0 Å². The van der Waals surface area contributed by atoms with E-state index in [9.17, 15) is 0 Å². The Balaban J connectivity index is 1.66. The van der Waals surface area contributed by atoms with Gasteiger partial charge in [-0.2, -0.15) is 0 Å². The lowest BCUT2D eigenvalue weighted by molar-refractivity contribution is 1.45. The van der Waals surface area contributed by atoms with Gasteiger partial charge in [-0.25, -0.2) is 0 Å². The molecule has 0 atom stereocenters. The quantitative estimate of drug-likeness (QED) is 0.403. The SMILES string of the molecule is C=Cc1ccc(-c2ccc(C3=CC=c4ccccc4=CC3)c3ccccc23)cc1. The molecule has 4 aromatic rings. The summed E-state index contributed by atoms with van der Waals surface area (Å²) in [6.07, 6.45) is 9.67. The molecule has 0 unspecified atom stereocenters. The van der Waals surface area contributed by atoms with Gasteiger partial charge in [-0.3, -0.25) is 0 Å². The van der Waals surface area contributed by atoms with Gasteiger partial charge in [-0.05, 0) is 55.5 Å². The molecule has 1 aliphatic rings. The summed E-state index contributed by atoms with van der Waals surface area (Å²) in [4.78, 5) is 0. The molecule has 1 aliphatic carbocycles. The van der Waals surface area contributed by atoms with Crippen molar-refractivity contribution in [1.82, 2.24) is 0 Å². The Bertz CT molecular complexity index is 1370. The number of hydrogen-bond acceptors (Lipinski definition) is 0. The molecule has 138 valence electrons. The Morgan fingerprint density at radius 3 is 2.03 bits per heavy atom. The highest BCUT2D eigenvalue weighted by Gasteiger charge is 2.11. The third-order valence-electron chi connectivity index (χ3n) is 5.73. The minimum Gasteiger partial charge on any atom is -0.0985 e. The van der Waals surface area contributed by atoms with Gasteiger partial charge in [0.25, 0.3) is 0 Å². The maximum atomic E-state index is 3.86. The Kier molecular flexibility index (Phi) is 4.46. The molecule has 0 saturated heterocycles. The third-order valence-corrected chi connectivity index (χ3v) is 5.73. The molecule has 0 heteroatoms. The molecule has 0 saturated carbocycles. The Morgan fingerprint density at radius 1 is 0.621 bits per heavy atom. The summed E-state index contributed by atoms with van der Waals surface area (Å²) >= 11 is 0. The Morgan fingerprint density at radius 2 is 1.28 bits per heavy atom. The van der Waals surface area contributed by atoms with Crippen LogP contribution in [0.2, 0.25) is 0 Å². The number of benzene rings is 4. The minimum atomic E-state index is 0.935. The molecule has 0 radical (unpaired) electrons. The summed E-state index contributed by atoms with van der Waals surface area (Å²) in [7, 11) is 0. The molecular formula is C29H22. The monoisotopic (exact) mass is 370 g/mol. The molecule has 5 rings (SSSR count). The molecule has 0 fully saturated rings. The van der Waals surface area contributed by atoms with E-state index < -0.39 is 0 Å². The van der Waals surface area contributed by atoms with Gasteiger partial charge < -0.3 is 0 Å². The van der Waals surface area contributed by atoms with Gasteiger partial charge in [0.1, 0.15) is 0 Å². The fourth-order valence-electron chi connectivity index (χ4n) is 4.16. The van der Waals surface area contributed by atoms with E-state index in [4.69, 9.17) is 0 Å². The molecule has 29 heavy (non-hydrogen) atoms. The summed E-state index contributed by atoms with van der Waals surface area (Å²) in [5.41, 5.74) is 6.31. The summed E-state index contributed by atoms with van der Waals surface area (Å²) in [5, 5.41) is 5.18. The van der Waals surface area contributed by atoms with Crippen molar-refractivity contribution in [3.05, 3.63) is 119 Å². The lowest BCUT2D eigenvalue weighted by Gasteiger charge is -2.13. The number of rotatable bonds is 3. The van der Waals surface area contributed by atoms with Crippen LogP contribution in [0, 0.1) is 0 Å². The molecule has 0 nitrogen and oxygen atoms in total. The van der Waals surface area contributed by atoms with Crippen LogP contribution in [0.3, 0.4) is 0 Å². The van der Waals surface area contributed by atoms with Crippen LogP contribution in [-0.4, -0.2) is 0 Å². The average Bonchev–Trinajstić information content (AvgIpc) is 3.01. The van der Waals surface area contributed by atoms with E-state index in [-0.39, 0.29) is 0 Å². The standard InChI is InChI=1S/C29H22/c1-2-21-11-13-24(14-12-21)26-19-20-27(29-10-6-5-9-28(26)29)25-17-15-22-7-3-4-8-23(22)16-18-25/h2-17,19-20H,1,18H2. The van der Waals surface area contributed by atoms with Crippen LogP contribution in [0.4, 0.5) is 0 Å². The van der Waals surface area contributed by atoms with Gasteiger partial charge in [0.2, 0.25) is 0 Å². The zero-order chi connectivity index (χ0) is 19.6. The van der Waals surface area contributed by atoms with Crippen molar-refractivity contribution in [3.63, 3.8) is 0 Å². The van der Waals surface area contributed by atoms with Gasteiger partial charge in [0.05, 0.1) is 0 Å². The fourth-order valence-corrected chi connectivity index (χ4v) is 4.16. The van der Waals surface area contributed by atoms with Crippen LogP contribution in [0.25, 0.3) is 45.7 Å². The number of fused-ring (bicyclic) bond motifs is 2. The highest BCUT2D eigenvalue weighted by Crippen LogP contribution is 2.35. The first-order chi connectivity index (χ1) is 14.3. The molecule has 0 spiro atoms. The molecule has 0 aromatic heterocycles. The van der Waals surface area contributed by atoms with Crippen molar-refractivity contribution >= 4 is 34.6 Å². The first-order valence-corrected chi connectivity index (χ1v) is 10.0. The Labute approximate surface area is 171 Å². The highest BCUT2D eigenvalue weighted by molar-refractivity contribution is 6.03. The van der Waals surface area contributed by atoms with E-state index in [2.05, 4.69) is 110 Å². The summed E-state index contributed by atoms with van der Waals surface area (Å²) in [5.74, 6) is 0. The van der Waals surface area contributed by atoms with Gasteiger partial charge >= 0.3 is 0 Å². The van der Waals surface area contributed by atoms with E-state index >= 15 is 0 Å². The van der Waals surface area contributed by atoms with E-state index in [0.717, 1.165) is 12.0 Å². The van der Waals surface area contributed by atoms with Crippen molar-refractivity contribution in [3.8, 4) is 11.1 Å². The summed E-state index contributed by atoms with van der Waals surface area (Å²) < 4.78 is 0. The van der Waals surface area contributed by atoms with Crippen LogP contribution in [0.5, 0.6) is 0 Å². The van der Waals surface area contributed by atoms with Gasteiger partial charge in [0.15, 0.2) is 0 Å². The first-order valence-electron chi connectivity index (χ1n) is 10.0. The molecular weight excluding hydrogens is 348 g/mol. The molecule has 0 heterocycles. The van der Waals surface area contributed by atoms with Gasteiger partial charge in [0, 0.05) is 0 Å². The second-order valence-electron chi connectivity index (χ2n) is 7.43. The van der Waals surface area contributed by atoms with Crippen LogP contribution in [0.1, 0.15) is 17.5 Å². The second kappa shape index (κ2) is 7.41. The predicted molar refractivity (Wildman–Crippen MR) is 127 cm³/mol. The highest BCUT2D eigenvalue weighted by atomic mass is 14.1. The zero-order valence-corrected chi connectivity index (χ0v) is 16.3. The molecule has 0 N–H and O–H groups in total. The van der Waals surface area contributed by atoms with Gasteiger partial charge in [-0.1, -0.05) is 116 Å². The number of hydrogen-bond donors (Lipinski definition) is 0. The molecule has 0 aliphatic heterocycles. The van der Waals surface area contributed by atoms with E-state index in [1.807, 2.05) is 6.08 Å². The minimum absolute atomic E-state index is 0.935. The predicted octanol–water partition coefficient (Wildman–Crippen LogP) is 6.20. The van der Waals surface area contributed by atoms with Crippen molar-refractivity contribution in [2.45, 2.75) is 6.42 Å². The van der Waals surface area contributed by atoms with Crippen molar-refractivity contribution < 1.29 is 0 Å². The summed E-state index contributed by atoms with van der Waals surface area (Å²) in [6.45, 7) is 3.86.